The van der Waals surface area contributed by atoms with Gasteiger partial charge in [0.05, 0.1) is 10.7 Å². The molecule has 5 heteroatoms. The number of rotatable bonds is 5. The molecule has 0 unspecified atom stereocenters. The molecule has 0 radical (unpaired) electrons. The molecule has 2 rings (SSSR count). The van der Waals surface area contributed by atoms with Gasteiger partial charge in [0.1, 0.15) is 12.0 Å². The van der Waals surface area contributed by atoms with E-state index < -0.39 is 0 Å². The molecular formula is C13H14ClN3O. The van der Waals surface area contributed by atoms with Crippen LogP contribution in [-0.2, 0) is 11.3 Å². The van der Waals surface area contributed by atoms with Crippen molar-refractivity contribution in [2.75, 3.05) is 0 Å². The smallest absolute Gasteiger partial charge is 0.120 e. The van der Waals surface area contributed by atoms with Crippen molar-refractivity contribution < 1.29 is 4.79 Å². The predicted molar refractivity (Wildman–Crippen MR) is 70.5 cm³/mol. The number of nitrogens with zero attached hydrogens (tertiary/aromatic N) is 3. The maximum atomic E-state index is 10.3. The molecule has 1 aromatic heterocycles. The maximum Gasteiger partial charge on any atom is 0.120 e. The Morgan fingerprint density at radius 3 is 2.89 bits per heavy atom. The number of aldehydes is 1. The van der Waals surface area contributed by atoms with Crippen LogP contribution in [0.3, 0.4) is 0 Å². The lowest BCUT2D eigenvalue weighted by Crippen LogP contribution is -2.02. The molecule has 0 bridgehead atoms. The van der Waals surface area contributed by atoms with Gasteiger partial charge in [-0.05, 0) is 19.4 Å². The SMILES string of the molecule is Cc1c(-c2ccccc2Cl)nnn1CCCC=O. The second-order valence-corrected chi connectivity index (χ2v) is 4.44. The first-order valence-corrected chi connectivity index (χ1v) is 6.20. The fourth-order valence-corrected chi connectivity index (χ4v) is 2.02. The molecule has 0 saturated heterocycles. The van der Waals surface area contributed by atoms with Crippen molar-refractivity contribution in [1.29, 1.82) is 0 Å². The number of hydrogen-bond donors (Lipinski definition) is 0. The Morgan fingerprint density at radius 1 is 1.39 bits per heavy atom. The first-order valence-electron chi connectivity index (χ1n) is 5.82. The van der Waals surface area contributed by atoms with Crippen LogP contribution in [0.5, 0.6) is 0 Å². The third-order valence-corrected chi connectivity index (χ3v) is 3.13. The van der Waals surface area contributed by atoms with E-state index in [1.54, 1.807) is 0 Å². The van der Waals surface area contributed by atoms with Crippen molar-refractivity contribution in [2.45, 2.75) is 26.3 Å². The minimum absolute atomic E-state index is 0.542. The highest BCUT2D eigenvalue weighted by Crippen LogP contribution is 2.27. The zero-order chi connectivity index (χ0) is 13.0. The molecule has 0 aliphatic rings. The van der Waals surface area contributed by atoms with Gasteiger partial charge in [-0.15, -0.1) is 5.10 Å². The number of unbranched alkanes of at least 4 members (excludes halogenated alkanes) is 1. The van der Waals surface area contributed by atoms with E-state index in [0.717, 1.165) is 29.7 Å². The molecule has 4 nitrogen and oxygen atoms in total. The lowest BCUT2D eigenvalue weighted by atomic mass is 10.1. The quantitative estimate of drug-likeness (QED) is 0.616. The molecule has 0 aliphatic carbocycles. The van der Waals surface area contributed by atoms with Crippen LogP contribution in [0.25, 0.3) is 11.3 Å². The van der Waals surface area contributed by atoms with Crippen LogP contribution in [-0.4, -0.2) is 21.3 Å². The van der Waals surface area contributed by atoms with Crippen LogP contribution in [0.2, 0.25) is 5.02 Å². The van der Waals surface area contributed by atoms with E-state index in [2.05, 4.69) is 10.3 Å². The number of benzene rings is 1. The average Bonchev–Trinajstić information content (AvgIpc) is 2.72. The third-order valence-electron chi connectivity index (χ3n) is 2.80. The van der Waals surface area contributed by atoms with Gasteiger partial charge in [0, 0.05) is 18.5 Å². The molecule has 94 valence electrons. The van der Waals surface area contributed by atoms with E-state index in [0.29, 0.717) is 18.0 Å². The summed E-state index contributed by atoms with van der Waals surface area (Å²) >= 11 is 6.14. The Kier molecular flexibility index (Phi) is 4.10. The van der Waals surface area contributed by atoms with Gasteiger partial charge in [-0.3, -0.25) is 0 Å². The summed E-state index contributed by atoms with van der Waals surface area (Å²) in [6, 6.07) is 7.57. The van der Waals surface area contributed by atoms with Crippen LogP contribution >= 0.6 is 11.6 Å². The highest BCUT2D eigenvalue weighted by atomic mass is 35.5. The molecule has 18 heavy (non-hydrogen) atoms. The zero-order valence-corrected chi connectivity index (χ0v) is 10.9. The molecule has 1 heterocycles. The number of carbonyl (C=O) groups excluding carboxylic acids is 1. The molecule has 0 amide bonds. The molecule has 0 N–H and O–H groups in total. The molecule has 2 aromatic rings. The summed E-state index contributed by atoms with van der Waals surface area (Å²) in [7, 11) is 0. The lowest BCUT2D eigenvalue weighted by Gasteiger charge is -2.03. The molecule has 0 saturated carbocycles. The average molecular weight is 264 g/mol. The highest BCUT2D eigenvalue weighted by molar-refractivity contribution is 6.33. The van der Waals surface area contributed by atoms with Crippen molar-refractivity contribution in [2.24, 2.45) is 0 Å². The number of carbonyl (C=O) groups is 1. The van der Waals surface area contributed by atoms with Gasteiger partial charge in [-0.25, -0.2) is 4.68 Å². The minimum atomic E-state index is 0.542. The Morgan fingerprint density at radius 2 is 2.17 bits per heavy atom. The van der Waals surface area contributed by atoms with E-state index in [1.807, 2.05) is 35.9 Å². The number of aryl methyl sites for hydroxylation is 1. The maximum absolute atomic E-state index is 10.3. The summed E-state index contributed by atoms with van der Waals surface area (Å²) in [5.41, 5.74) is 2.65. The Balaban J connectivity index is 2.25. The van der Waals surface area contributed by atoms with E-state index in [9.17, 15) is 4.79 Å². The number of hydrogen-bond acceptors (Lipinski definition) is 3. The van der Waals surface area contributed by atoms with Crippen molar-refractivity contribution in [3.05, 3.63) is 35.0 Å². The Labute approximate surface area is 111 Å². The van der Waals surface area contributed by atoms with Crippen molar-refractivity contribution in [3.8, 4) is 11.3 Å². The van der Waals surface area contributed by atoms with Crippen LogP contribution in [0, 0.1) is 6.92 Å². The molecule has 0 fully saturated rings. The Hall–Kier alpha value is -1.68. The summed E-state index contributed by atoms with van der Waals surface area (Å²) in [6.07, 6.45) is 2.23. The van der Waals surface area contributed by atoms with E-state index in [-0.39, 0.29) is 0 Å². The van der Waals surface area contributed by atoms with Crippen molar-refractivity contribution in [1.82, 2.24) is 15.0 Å². The standard InChI is InChI=1S/C13H14ClN3O/c1-10-13(11-6-2-3-7-12(11)14)15-16-17(10)8-4-5-9-18/h2-3,6-7,9H,4-5,8H2,1H3. The molecule has 0 spiro atoms. The van der Waals surface area contributed by atoms with Gasteiger partial charge in [-0.1, -0.05) is 35.0 Å². The summed E-state index contributed by atoms with van der Waals surface area (Å²) in [4.78, 5) is 10.3. The second kappa shape index (κ2) is 5.78. The van der Waals surface area contributed by atoms with Gasteiger partial charge in [0.25, 0.3) is 0 Å². The summed E-state index contributed by atoms with van der Waals surface area (Å²) in [5.74, 6) is 0. The topological polar surface area (TPSA) is 47.8 Å². The normalized spacial score (nSPS) is 10.6. The van der Waals surface area contributed by atoms with E-state index in [1.165, 1.54) is 0 Å². The van der Waals surface area contributed by atoms with Gasteiger partial charge in [0.15, 0.2) is 0 Å². The largest absolute Gasteiger partial charge is 0.303 e. The first-order chi connectivity index (χ1) is 8.74. The van der Waals surface area contributed by atoms with Gasteiger partial charge < -0.3 is 4.79 Å². The fourth-order valence-electron chi connectivity index (χ4n) is 1.80. The second-order valence-electron chi connectivity index (χ2n) is 4.04. The van der Waals surface area contributed by atoms with Crippen molar-refractivity contribution >= 4 is 17.9 Å². The predicted octanol–water partition coefficient (Wildman–Crippen LogP) is 2.89. The third kappa shape index (κ3) is 2.59. The first kappa shape index (κ1) is 12.8. The highest BCUT2D eigenvalue weighted by Gasteiger charge is 2.12. The van der Waals surface area contributed by atoms with Gasteiger partial charge in [-0.2, -0.15) is 0 Å². The summed E-state index contributed by atoms with van der Waals surface area (Å²) < 4.78 is 1.81. The fraction of sp³-hybridized carbons (Fsp3) is 0.308. The van der Waals surface area contributed by atoms with Crippen LogP contribution in [0.4, 0.5) is 0 Å². The van der Waals surface area contributed by atoms with Crippen LogP contribution in [0.15, 0.2) is 24.3 Å². The monoisotopic (exact) mass is 263 g/mol. The van der Waals surface area contributed by atoms with E-state index in [4.69, 9.17) is 11.6 Å². The zero-order valence-electron chi connectivity index (χ0n) is 10.1. The van der Waals surface area contributed by atoms with Gasteiger partial charge in [0.2, 0.25) is 0 Å². The molecule has 0 aliphatic heterocycles. The lowest BCUT2D eigenvalue weighted by molar-refractivity contribution is -0.107. The molecule has 0 atom stereocenters. The number of aromatic nitrogens is 3. The van der Waals surface area contributed by atoms with Crippen LogP contribution < -0.4 is 0 Å². The molecule has 1 aromatic carbocycles. The number of halogens is 1. The van der Waals surface area contributed by atoms with Gasteiger partial charge >= 0.3 is 0 Å². The van der Waals surface area contributed by atoms with Crippen LogP contribution in [0.1, 0.15) is 18.5 Å². The Bertz CT molecular complexity index is 551. The summed E-state index contributed by atoms with van der Waals surface area (Å²) in [5, 5.41) is 8.93. The van der Waals surface area contributed by atoms with Crippen molar-refractivity contribution in [3.63, 3.8) is 0 Å². The molecular weight excluding hydrogens is 250 g/mol. The summed E-state index contributed by atoms with van der Waals surface area (Å²) in [6.45, 7) is 2.65. The minimum Gasteiger partial charge on any atom is -0.303 e. The van der Waals surface area contributed by atoms with E-state index >= 15 is 0 Å².